The van der Waals surface area contributed by atoms with E-state index in [0.29, 0.717) is 31.8 Å². The minimum atomic E-state index is -0.717. The number of benzene rings is 2. The highest BCUT2D eigenvalue weighted by atomic mass is 79.9. The molecule has 9 heteroatoms. The second-order valence-corrected chi connectivity index (χ2v) is 10.3. The van der Waals surface area contributed by atoms with Crippen LogP contribution in [0.3, 0.4) is 0 Å². The third-order valence-corrected chi connectivity index (χ3v) is 7.67. The van der Waals surface area contributed by atoms with Crippen LogP contribution in [-0.4, -0.2) is 58.5 Å². The zero-order chi connectivity index (χ0) is 25.1. The Hall–Kier alpha value is -2.04. The number of aliphatic hydroxyl groups excluding tert-OH is 1. The van der Waals surface area contributed by atoms with E-state index < -0.39 is 16.9 Å². The first-order valence-electron chi connectivity index (χ1n) is 11.5. The summed E-state index contributed by atoms with van der Waals surface area (Å²) < 4.78 is 35.8. The van der Waals surface area contributed by atoms with Gasteiger partial charge in [-0.25, -0.2) is 4.39 Å². The van der Waals surface area contributed by atoms with E-state index in [1.807, 2.05) is 18.2 Å². The number of halogens is 2. The molecule has 1 heterocycles. The van der Waals surface area contributed by atoms with Crippen LogP contribution in [0.1, 0.15) is 35.9 Å². The summed E-state index contributed by atoms with van der Waals surface area (Å²) in [5, 5.41) is 13.3. The molecule has 1 amide bonds. The smallest absolute Gasteiger partial charge is 0.227 e. The number of hydrogen-bond acceptors (Lipinski definition) is 6. The van der Waals surface area contributed by atoms with Crippen molar-refractivity contribution in [2.45, 2.75) is 24.8 Å². The molecule has 4 rings (SSSR count). The lowest BCUT2D eigenvalue weighted by atomic mass is 9.74. The number of hydrogen-bond donors (Lipinski definition) is 2. The number of carbonyl (C=O) groups is 1. The van der Waals surface area contributed by atoms with Crippen LogP contribution >= 0.6 is 15.9 Å². The third-order valence-electron chi connectivity index (χ3n) is 7.01. The monoisotopic (exact) mass is 551 g/mol. The van der Waals surface area contributed by atoms with Crippen molar-refractivity contribution >= 4 is 21.8 Å². The molecule has 2 fully saturated rings. The summed E-state index contributed by atoms with van der Waals surface area (Å²) in [7, 11) is 3.13. The largest absolute Gasteiger partial charge is 0.496 e. The number of rotatable bonds is 12. The molecular formula is C26H31BrFNO6. The Bertz CT molecular complexity index is 1030. The highest BCUT2D eigenvalue weighted by Gasteiger charge is 2.64. The highest BCUT2D eigenvalue weighted by molar-refractivity contribution is 9.10. The number of aliphatic hydroxyl groups is 1. The Kier molecular flexibility index (Phi) is 8.12. The number of amides is 1. The van der Waals surface area contributed by atoms with Crippen molar-refractivity contribution in [3.05, 3.63) is 63.9 Å². The number of methoxy groups -OCH3 is 2. The van der Waals surface area contributed by atoms with Crippen molar-refractivity contribution in [2.24, 2.45) is 10.8 Å². The maximum Gasteiger partial charge on any atom is 0.227 e. The van der Waals surface area contributed by atoms with Crippen LogP contribution in [0.4, 0.5) is 4.39 Å². The zero-order valence-electron chi connectivity index (χ0n) is 19.9. The van der Waals surface area contributed by atoms with Crippen LogP contribution in [0.5, 0.6) is 5.75 Å². The molecule has 0 radical (unpaired) electrons. The molecule has 2 N–H and O–H groups in total. The average molecular weight is 552 g/mol. The molecule has 3 atom stereocenters. The Labute approximate surface area is 213 Å². The molecule has 3 unspecified atom stereocenters. The summed E-state index contributed by atoms with van der Waals surface area (Å²) in [6.45, 7) is 1.05. The van der Waals surface area contributed by atoms with E-state index in [2.05, 4.69) is 21.2 Å². The Morgan fingerprint density at radius 2 is 2.00 bits per heavy atom. The lowest BCUT2D eigenvalue weighted by Gasteiger charge is -2.42. The van der Waals surface area contributed by atoms with Gasteiger partial charge in [-0.1, -0.05) is 18.2 Å². The first-order chi connectivity index (χ1) is 16.9. The van der Waals surface area contributed by atoms with Gasteiger partial charge in [-0.2, -0.15) is 0 Å². The summed E-state index contributed by atoms with van der Waals surface area (Å²) in [6, 6.07) is 11.4. The van der Waals surface area contributed by atoms with Gasteiger partial charge in [0.2, 0.25) is 5.91 Å². The molecule has 35 heavy (non-hydrogen) atoms. The molecule has 190 valence electrons. The molecular weight excluding hydrogens is 521 g/mol. The molecule has 0 aromatic heterocycles. The van der Waals surface area contributed by atoms with Crippen molar-refractivity contribution in [3.8, 4) is 5.75 Å². The van der Waals surface area contributed by atoms with Gasteiger partial charge in [-0.3, -0.25) is 4.79 Å². The van der Waals surface area contributed by atoms with Crippen molar-refractivity contribution in [3.63, 3.8) is 0 Å². The summed E-state index contributed by atoms with van der Waals surface area (Å²) in [4.78, 5) is 13.9. The van der Waals surface area contributed by atoms with Crippen LogP contribution in [0.25, 0.3) is 0 Å². The summed E-state index contributed by atoms with van der Waals surface area (Å²) in [5.41, 5.74) is 0.578. The zero-order valence-corrected chi connectivity index (χ0v) is 21.5. The highest BCUT2D eigenvalue weighted by Crippen LogP contribution is 2.65. The lowest BCUT2D eigenvalue weighted by Crippen LogP contribution is -2.50. The van der Waals surface area contributed by atoms with Gasteiger partial charge in [0.1, 0.15) is 18.4 Å². The fourth-order valence-electron chi connectivity index (χ4n) is 4.94. The fourth-order valence-corrected chi connectivity index (χ4v) is 5.35. The van der Waals surface area contributed by atoms with E-state index in [9.17, 15) is 14.3 Å². The number of carbonyl (C=O) groups excluding carboxylic acids is 1. The normalized spacial score (nSPS) is 23.3. The average Bonchev–Trinajstić information content (AvgIpc) is 3.57. The van der Waals surface area contributed by atoms with Gasteiger partial charge in [0, 0.05) is 12.5 Å². The molecule has 1 aliphatic carbocycles. The summed E-state index contributed by atoms with van der Waals surface area (Å²) in [5.74, 6) is 0.181. The van der Waals surface area contributed by atoms with Crippen molar-refractivity contribution in [1.82, 2.24) is 5.32 Å². The van der Waals surface area contributed by atoms with Crippen LogP contribution < -0.4 is 10.1 Å². The Morgan fingerprint density at radius 3 is 2.60 bits per heavy atom. The lowest BCUT2D eigenvalue weighted by molar-refractivity contribution is -0.157. The molecule has 2 aromatic carbocycles. The van der Waals surface area contributed by atoms with Crippen LogP contribution in [0, 0.1) is 16.6 Å². The van der Waals surface area contributed by atoms with E-state index in [4.69, 9.17) is 18.9 Å². The molecule has 0 spiro atoms. The maximum atomic E-state index is 13.9. The van der Waals surface area contributed by atoms with E-state index in [1.165, 1.54) is 19.2 Å². The third kappa shape index (κ3) is 5.54. The quantitative estimate of drug-likeness (QED) is 0.307. The van der Waals surface area contributed by atoms with E-state index in [1.54, 1.807) is 19.2 Å². The fraction of sp³-hybridized carbons (Fsp3) is 0.500. The van der Waals surface area contributed by atoms with E-state index in [0.717, 1.165) is 15.6 Å². The predicted octanol–water partition coefficient (Wildman–Crippen LogP) is 3.95. The van der Waals surface area contributed by atoms with Crippen LogP contribution in [0.15, 0.2) is 46.9 Å². The van der Waals surface area contributed by atoms with E-state index >= 15 is 0 Å². The molecule has 1 saturated heterocycles. The molecule has 1 aliphatic heterocycles. The van der Waals surface area contributed by atoms with Gasteiger partial charge in [-0.05, 0) is 70.1 Å². The molecule has 2 aromatic rings. The molecule has 1 saturated carbocycles. The van der Waals surface area contributed by atoms with Crippen LogP contribution in [0.2, 0.25) is 0 Å². The van der Waals surface area contributed by atoms with Gasteiger partial charge in [0.25, 0.3) is 0 Å². The number of nitrogens with one attached hydrogen (secondary N) is 1. The number of ether oxygens (including phenoxy) is 4. The van der Waals surface area contributed by atoms with E-state index in [-0.39, 0.29) is 37.6 Å². The molecule has 0 bridgehead atoms. The van der Waals surface area contributed by atoms with Crippen molar-refractivity contribution in [1.29, 1.82) is 0 Å². The van der Waals surface area contributed by atoms with Crippen LogP contribution in [-0.2, 0) is 19.0 Å². The minimum absolute atomic E-state index is 0.0395. The second kappa shape index (κ2) is 10.9. The van der Waals surface area contributed by atoms with Crippen molar-refractivity contribution < 1.29 is 33.2 Å². The predicted molar refractivity (Wildman–Crippen MR) is 131 cm³/mol. The molecule has 7 nitrogen and oxygen atoms in total. The van der Waals surface area contributed by atoms with Gasteiger partial charge in [-0.15, -0.1) is 0 Å². The first-order valence-corrected chi connectivity index (χ1v) is 12.3. The van der Waals surface area contributed by atoms with Crippen molar-refractivity contribution in [2.75, 3.05) is 47.4 Å². The topological polar surface area (TPSA) is 86.3 Å². The van der Waals surface area contributed by atoms with Gasteiger partial charge in [0.15, 0.2) is 0 Å². The Balaban J connectivity index is 1.61. The Morgan fingerprint density at radius 1 is 1.26 bits per heavy atom. The minimum Gasteiger partial charge on any atom is -0.496 e. The van der Waals surface area contributed by atoms with Gasteiger partial charge >= 0.3 is 0 Å². The summed E-state index contributed by atoms with van der Waals surface area (Å²) >= 11 is 3.49. The second-order valence-electron chi connectivity index (χ2n) is 9.49. The molecule has 2 aliphatic rings. The SMILES string of the molecule is COCOCC(NC(=O)C1(CC2(CO)COC2)CC1c1ccc(Br)c(OC)c1)c1ccc(F)cc1. The van der Waals surface area contributed by atoms with Gasteiger partial charge in [0.05, 0.1) is 49.5 Å². The van der Waals surface area contributed by atoms with Gasteiger partial charge < -0.3 is 29.4 Å². The maximum absolute atomic E-state index is 13.9. The standard InChI is InChI=1S/C26H31BrFNO6/c1-32-16-34-11-22(17-3-6-19(28)7-4-17)29-24(31)26(12-25(13-30)14-35-15-25)10-20(26)18-5-8-21(27)23(9-18)33-2/h3-9,20,22,30H,10-16H2,1-2H3,(H,29,31). The first kappa shape index (κ1) is 26.0. The summed E-state index contributed by atoms with van der Waals surface area (Å²) in [6.07, 6.45) is 1.14.